The smallest absolute Gasteiger partial charge is 0.334 e. The van der Waals surface area contributed by atoms with Gasteiger partial charge in [-0.2, -0.15) is 0 Å². The van der Waals surface area contributed by atoms with Gasteiger partial charge in [-0.05, 0) is 18.2 Å². The van der Waals surface area contributed by atoms with Crippen LogP contribution in [-0.2, 0) is 0 Å². The zero-order valence-electron chi connectivity index (χ0n) is 9.10. The Morgan fingerprint density at radius 3 is 2.32 bits per heavy atom. The first-order chi connectivity index (χ1) is 8.97. The van der Waals surface area contributed by atoms with Gasteiger partial charge < -0.3 is 5.32 Å². The van der Waals surface area contributed by atoms with Crippen LogP contribution in [0.3, 0.4) is 0 Å². The van der Waals surface area contributed by atoms with Crippen molar-refractivity contribution in [2.45, 2.75) is 0 Å². The maximum atomic E-state index is 10.9. The van der Waals surface area contributed by atoms with Crippen molar-refractivity contribution in [1.29, 1.82) is 0 Å². The van der Waals surface area contributed by atoms with Gasteiger partial charge in [-0.1, -0.05) is 34.8 Å². The summed E-state index contributed by atoms with van der Waals surface area (Å²) < 4.78 is 0. The van der Waals surface area contributed by atoms with E-state index in [9.17, 15) is 10.1 Å². The van der Waals surface area contributed by atoms with Crippen molar-refractivity contribution in [3.63, 3.8) is 0 Å². The predicted molar refractivity (Wildman–Crippen MR) is 73.4 cm³/mol. The lowest BCUT2D eigenvalue weighted by molar-refractivity contribution is -0.384. The molecule has 2 rings (SSSR count). The lowest BCUT2D eigenvalue weighted by Crippen LogP contribution is -2.01. The van der Waals surface area contributed by atoms with Crippen LogP contribution < -0.4 is 5.32 Å². The van der Waals surface area contributed by atoms with E-state index in [1.165, 1.54) is 6.07 Å². The van der Waals surface area contributed by atoms with Crippen LogP contribution in [0.4, 0.5) is 17.2 Å². The Morgan fingerprint density at radius 2 is 1.74 bits per heavy atom. The average molecular weight is 320 g/mol. The Morgan fingerprint density at radius 1 is 1.11 bits per heavy atom. The van der Waals surface area contributed by atoms with Crippen LogP contribution in [-0.4, -0.2) is 14.9 Å². The Kier molecular flexibility index (Phi) is 4.04. The molecule has 0 spiro atoms. The van der Waals surface area contributed by atoms with Crippen molar-refractivity contribution >= 4 is 52.0 Å². The minimum atomic E-state index is -0.670. The van der Waals surface area contributed by atoms with Crippen LogP contribution in [0, 0.1) is 10.1 Å². The van der Waals surface area contributed by atoms with Crippen LogP contribution in [0.5, 0.6) is 0 Å². The molecule has 0 unspecified atom stereocenters. The third kappa shape index (κ3) is 3.23. The van der Waals surface area contributed by atoms with E-state index in [-0.39, 0.29) is 11.0 Å². The van der Waals surface area contributed by atoms with Crippen LogP contribution in [0.15, 0.2) is 24.5 Å². The summed E-state index contributed by atoms with van der Waals surface area (Å²) in [5.74, 6) is -0.0386. The Labute approximate surface area is 122 Å². The molecule has 0 amide bonds. The molecule has 19 heavy (non-hydrogen) atoms. The van der Waals surface area contributed by atoms with Crippen molar-refractivity contribution < 1.29 is 4.92 Å². The zero-order chi connectivity index (χ0) is 14.0. The van der Waals surface area contributed by atoms with Gasteiger partial charge in [0.05, 0.1) is 4.92 Å². The van der Waals surface area contributed by atoms with Crippen molar-refractivity contribution in [3.8, 4) is 0 Å². The van der Waals surface area contributed by atoms with Gasteiger partial charge in [-0.3, -0.25) is 10.1 Å². The minimum Gasteiger partial charge on any atom is -0.334 e. The van der Waals surface area contributed by atoms with Crippen molar-refractivity contribution in [1.82, 2.24) is 9.97 Å². The summed E-state index contributed by atoms with van der Waals surface area (Å²) in [7, 11) is 0. The van der Waals surface area contributed by atoms with Gasteiger partial charge in [0.1, 0.15) is 6.33 Å². The summed E-state index contributed by atoms with van der Waals surface area (Å²) in [6.07, 6.45) is 1.11. The van der Waals surface area contributed by atoms with Crippen LogP contribution >= 0.6 is 34.8 Å². The molecular formula is C10H5Cl3N4O2. The fraction of sp³-hybridized carbons (Fsp3) is 0. The molecule has 1 N–H and O–H groups in total. The van der Waals surface area contributed by atoms with Crippen molar-refractivity contribution in [2.24, 2.45) is 0 Å². The van der Waals surface area contributed by atoms with Crippen LogP contribution in [0.2, 0.25) is 15.2 Å². The Balaban J connectivity index is 2.43. The standard InChI is InChI=1S/C10H5Cl3N4O2/c11-5-1-6(12)3-7(2-5)16-10-8(17(18)19)9(13)14-4-15-10/h1-4H,(H,14,15,16). The van der Waals surface area contributed by atoms with Crippen molar-refractivity contribution in [2.75, 3.05) is 5.32 Å². The van der Waals surface area contributed by atoms with E-state index < -0.39 is 10.6 Å². The molecule has 0 saturated heterocycles. The quantitative estimate of drug-likeness (QED) is 0.523. The summed E-state index contributed by atoms with van der Waals surface area (Å²) in [6.45, 7) is 0. The van der Waals surface area contributed by atoms with E-state index in [2.05, 4.69) is 15.3 Å². The second kappa shape index (κ2) is 5.56. The molecule has 0 saturated carbocycles. The molecule has 98 valence electrons. The fourth-order valence-electron chi connectivity index (χ4n) is 1.37. The Hall–Kier alpha value is -1.63. The molecule has 0 aliphatic heterocycles. The van der Waals surface area contributed by atoms with Gasteiger partial charge >= 0.3 is 5.69 Å². The van der Waals surface area contributed by atoms with E-state index in [1.54, 1.807) is 12.1 Å². The van der Waals surface area contributed by atoms with E-state index in [1.807, 2.05) is 0 Å². The Bertz CT molecular complexity index is 630. The number of hydrogen-bond donors (Lipinski definition) is 1. The first kappa shape index (κ1) is 13.8. The molecule has 0 fully saturated rings. The number of nitrogens with zero attached hydrogens (tertiary/aromatic N) is 3. The summed E-state index contributed by atoms with van der Waals surface area (Å²) in [6, 6.07) is 4.63. The molecule has 1 aromatic carbocycles. The van der Waals surface area contributed by atoms with E-state index in [0.717, 1.165) is 6.33 Å². The molecule has 0 radical (unpaired) electrons. The highest BCUT2D eigenvalue weighted by Crippen LogP contribution is 2.32. The number of hydrogen-bond acceptors (Lipinski definition) is 5. The highest BCUT2D eigenvalue weighted by atomic mass is 35.5. The van der Waals surface area contributed by atoms with Crippen molar-refractivity contribution in [3.05, 3.63) is 49.8 Å². The zero-order valence-corrected chi connectivity index (χ0v) is 11.4. The molecule has 0 bridgehead atoms. The normalized spacial score (nSPS) is 10.3. The van der Waals surface area contributed by atoms with Crippen LogP contribution in [0.25, 0.3) is 0 Å². The number of nitro groups is 1. The number of anilines is 2. The highest BCUT2D eigenvalue weighted by molar-refractivity contribution is 6.35. The first-order valence-corrected chi connectivity index (χ1v) is 5.99. The number of benzene rings is 1. The molecule has 6 nitrogen and oxygen atoms in total. The molecule has 1 heterocycles. The third-order valence-corrected chi connectivity index (χ3v) is 2.80. The fourth-order valence-corrected chi connectivity index (χ4v) is 2.10. The predicted octanol–water partition coefficient (Wildman–Crippen LogP) is 4.09. The average Bonchev–Trinajstić information content (AvgIpc) is 2.26. The second-order valence-electron chi connectivity index (χ2n) is 3.40. The van der Waals surface area contributed by atoms with Gasteiger partial charge in [0.2, 0.25) is 11.0 Å². The lowest BCUT2D eigenvalue weighted by Gasteiger charge is -2.07. The highest BCUT2D eigenvalue weighted by Gasteiger charge is 2.21. The maximum Gasteiger partial charge on any atom is 0.348 e. The number of rotatable bonds is 3. The minimum absolute atomic E-state index is 0.0386. The van der Waals surface area contributed by atoms with Gasteiger partial charge in [-0.25, -0.2) is 9.97 Å². The second-order valence-corrected chi connectivity index (χ2v) is 4.63. The summed E-state index contributed by atoms with van der Waals surface area (Å²) in [5, 5.41) is 14.2. The summed E-state index contributed by atoms with van der Waals surface area (Å²) in [5.41, 5.74) is 0.0376. The SMILES string of the molecule is O=[N+]([O-])c1c(Cl)ncnc1Nc1cc(Cl)cc(Cl)c1. The number of nitrogens with one attached hydrogen (secondary N) is 1. The van der Waals surface area contributed by atoms with E-state index in [4.69, 9.17) is 34.8 Å². The molecule has 2 aromatic rings. The third-order valence-electron chi connectivity index (χ3n) is 2.09. The summed E-state index contributed by atoms with van der Waals surface area (Å²) >= 11 is 17.3. The molecule has 0 atom stereocenters. The van der Waals surface area contributed by atoms with Gasteiger partial charge in [0, 0.05) is 15.7 Å². The molecule has 1 aromatic heterocycles. The first-order valence-electron chi connectivity index (χ1n) is 4.85. The largest absolute Gasteiger partial charge is 0.348 e. The summed E-state index contributed by atoms with van der Waals surface area (Å²) in [4.78, 5) is 17.6. The van der Waals surface area contributed by atoms with Gasteiger partial charge in [0.15, 0.2) is 0 Å². The maximum absolute atomic E-state index is 10.9. The number of aromatic nitrogens is 2. The molecular weight excluding hydrogens is 314 g/mol. The molecule has 0 aliphatic rings. The topological polar surface area (TPSA) is 81.0 Å². The van der Waals surface area contributed by atoms with Gasteiger partial charge in [0.25, 0.3) is 0 Å². The van der Waals surface area contributed by atoms with Crippen LogP contribution in [0.1, 0.15) is 0 Å². The number of halogens is 3. The lowest BCUT2D eigenvalue weighted by atomic mass is 10.3. The van der Waals surface area contributed by atoms with E-state index in [0.29, 0.717) is 15.7 Å². The molecule has 0 aliphatic carbocycles. The van der Waals surface area contributed by atoms with E-state index >= 15 is 0 Å². The monoisotopic (exact) mass is 318 g/mol. The van der Waals surface area contributed by atoms with Gasteiger partial charge in [-0.15, -0.1) is 0 Å². The molecule has 9 heteroatoms.